The molecule has 1 aliphatic heterocycles. The number of nitrogens with zero attached hydrogens (tertiary/aromatic N) is 1. The molecule has 1 amide bonds. The fourth-order valence-corrected chi connectivity index (χ4v) is 6.02. The summed E-state index contributed by atoms with van der Waals surface area (Å²) >= 11 is 2.69. The molecule has 0 aliphatic carbocycles. The maximum Gasteiger partial charge on any atom is 0.334 e. The van der Waals surface area contributed by atoms with Gasteiger partial charge in [-0.1, -0.05) is 0 Å². The van der Waals surface area contributed by atoms with E-state index in [2.05, 4.69) is 5.32 Å². The number of sulfonamides is 1. The summed E-state index contributed by atoms with van der Waals surface area (Å²) in [4.78, 5) is 23.2. The number of hydrogen-bond acceptors (Lipinski definition) is 7. The number of carboxylic acids is 1. The summed E-state index contributed by atoms with van der Waals surface area (Å²) < 4.78 is 31.5. The molecule has 1 fully saturated rings. The van der Waals surface area contributed by atoms with Gasteiger partial charge in [0.05, 0.1) is 6.54 Å². The predicted octanol–water partition coefficient (Wildman–Crippen LogP) is 0.315. The molecule has 134 valence electrons. The van der Waals surface area contributed by atoms with E-state index in [1.54, 1.807) is 11.8 Å². The van der Waals surface area contributed by atoms with Crippen molar-refractivity contribution in [1.82, 2.24) is 9.62 Å². The van der Waals surface area contributed by atoms with Crippen molar-refractivity contribution in [2.75, 3.05) is 38.2 Å². The molecular weight excluding hydrogens is 376 g/mol. The van der Waals surface area contributed by atoms with Crippen LogP contribution < -0.4 is 5.32 Å². The Bertz CT molecular complexity index is 696. The lowest BCUT2D eigenvalue weighted by atomic mass is 10.3. The third kappa shape index (κ3) is 4.28. The molecule has 1 unspecified atom stereocenters. The van der Waals surface area contributed by atoms with Crippen LogP contribution in [0.1, 0.15) is 9.67 Å². The first-order valence-electron chi connectivity index (χ1n) is 7.07. The fourth-order valence-electron chi connectivity index (χ4n) is 2.13. The first kappa shape index (κ1) is 19.2. The van der Waals surface area contributed by atoms with Crippen LogP contribution in [0.5, 0.6) is 0 Å². The van der Waals surface area contributed by atoms with Gasteiger partial charge in [0.2, 0.25) is 10.0 Å². The van der Waals surface area contributed by atoms with Gasteiger partial charge in [-0.2, -0.15) is 16.1 Å². The Morgan fingerprint density at radius 3 is 2.67 bits per heavy atom. The second-order valence-electron chi connectivity index (χ2n) is 4.90. The van der Waals surface area contributed by atoms with Crippen LogP contribution in [0.25, 0.3) is 0 Å². The molecule has 0 saturated carbocycles. The van der Waals surface area contributed by atoms with Gasteiger partial charge < -0.3 is 15.2 Å². The largest absolute Gasteiger partial charge is 0.479 e. The van der Waals surface area contributed by atoms with E-state index in [0.717, 1.165) is 22.8 Å². The zero-order valence-electron chi connectivity index (χ0n) is 12.9. The highest BCUT2D eigenvalue weighted by molar-refractivity contribution is 7.99. The number of rotatable bonds is 7. The quantitative estimate of drug-likeness (QED) is 0.684. The molecule has 2 heterocycles. The number of carbonyl (C=O) groups excluding carboxylic acids is 1. The second-order valence-corrected chi connectivity index (χ2v) is 8.95. The maximum absolute atomic E-state index is 12.7. The number of carbonyl (C=O) groups is 2. The van der Waals surface area contributed by atoms with Gasteiger partial charge >= 0.3 is 5.97 Å². The van der Waals surface area contributed by atoms with Crippen molar-refractivity contribution in [2.24, 2.45) is 0 Å². The molecule has 8 nitrogen and oxygen atoms in total. The van der Waals surface area contributed by atoms with Crippen LogP contribution in [0, 0.1) is 0 Å². The van der Waals surface area contributed by atoms with E-state index in [4.69, 9.17) is 9.84 Å². The lowest BCUT2D eigenvalue weighted by Gasteiger charge is -2.25. The van der Waals surface area contributed by atoms with Crippen molar-refractivity contribution in [3.8, 4) is 0 Å². The lowest BCUT2D eigenvalue weighted by Crippen LogP contribution is -2.40. The Balaban J connectivity index is 2.14. The van der Waals surface area contributed by atoms with Gasteiger partial charge in [-0.15, -0.1) is 11.3 Å². The van der Waals surface area contributed by atoms with E-state index in [1.165, 1.54) is 22.9 Å². The first-order chi connectivity index (χ1) is 11.4. The summed E-state index contributed by atoms with van der Waals surface area (Å²) in [5, 5.41) is 12.8. The third-order valence-electron chi connectivity index (χ3n) is 3.43. The number of thiophene rings is 1. The molecule has 1 aliphatic rings. The van der Waals surface area contributed by atoms with Gasteiger partial charge in [0.15, 0.2) is 6.10 Å². The summed E-state index contributed by atoms with van der Waals surface area (Å²) in [5.41, 5.74) is 0. The second kappa shape index (κ2) is 8.30. The molecule has 2 N–H and O–H groups in total. The minimum atomic E-state index is -3.73. The van der Waals surface area contributed by atoms with Crippen molar-refractivity contribution in [1.29, 1.82) is 0 Å². The number of thioether (sulfide) groups is 1. The number of nitrogens with one attached hydrogen (secondary N) is 1. The minimum Gasteiger partial charge on any atom is -0.479 e. The van der Waals surface area contributed by atoms with E-state index in [-0.39, 0.29) is 16.3 Å². The number of aliphatic carboxylic acids is 1. The molecule has 1 aromatic rings. The third-order valence-corrected chi connectivity index (χ3v) is 7.36. The number of methoxy groups -OCH3 is 1. The zero-order valence-corrected chi connectivity index (χ0v) is 15.4. The zero-order chi connectivity index (χ0) is 17.7. The molecule has 0 bridgehead atoms. The highest BCUT2D eigenvalue weighted by atomic mass is 32.2. The van der Waals surface area contributed by atoms with Gasteiger partial charge in [-0.3, -0.25) is 4.79 Å². The van der Waals surface area contributed by atoms with Crippen LogP contribution in [-0.2, 0) is 19.6 Å². The summed E-state index contributed by atoms with van der Waals surface area (Å²) in [5.74, 6) is -0.390. The average Bonchev–Trinajstić information content (AvgIpc) is 3.06. The molecule has 24 heavy (non-hydrogen) atoms. The van der Waals surface area contributed by atoms with E-state index >= 15 is 0 Å². The Labute approximate surface area is 148 Å². The van der Waals surface area contributed by atoms with Crippen LogP contribution >= 0.6 is 23.1 Å². The van der Waals surface area contributed by atoms with Crippen molar-refractivity contribution in [2.45, 2.75) is 11.0 Å². The fraction of sp³-hybridized carbons (Fsp3) is 0.538. The van der Waals surface area contributed by atoms with Crippen molar-refractivity contribution < 1.29 is 27.9 Å². The molecular formula is C13H18N2O6S3. The van der Waals surface area contributed by atoms with Crippen LogP contribution in [0.3, 0.4) is 0 Å². The Hall–Kier alpha value is -1.14. The smallest absolute Gasteiger partial charge is 0.334 e. The summed E-state index contributed by atoms with van der Waals surface area (Å²) in [6.45, 7) is 0.575. The van der Waals surface area contributed by atoms with Gasteiger partial charge in [0.1, 0.15) is 9.77 Å². The SMILES string of the molecule is COC(CNC(=O)c1sccc1S(=O)(=O)N1CCSCC1)C(=O)O. The van der Waals surface area contributed by atoms with Gasteiger partial charge in [-0.25, -0.2) is 13.2 Å². The first-order valence-corrected chi connectivity index (χ1v) is 10.5. The van der Waals surface area contributed by atoms with Crippen LogP contribution in [0.4, 0.5) is 0 Å². The normalized spacial score (nSPS) is 17.4. The van der Waals surface area contributed by atoms with E-state index < -0.39 is 28.0 Å². The standard InChI is InChI=1S/C13H18N2O6S3/c1-21-9(13(17)18)8-14-12(16)11-10(2-5-23-11)24(19,20)15-3-6-22-7-4-15/h2,5,9H,3-4,6-8H2,1H3,(H,14,16)(H,17,18). The molecule has 1 aromatic heterocycles. The van der Waals surface area contributed by atoms with Crippen molar-refractivity contribution in [3.63, 3.8) is 0 Å². The molecule has 2 rings (SSSR count). The average molecular weight is 394 g/mol. The van der Waals surface area contributed by atoms with Crippen LogP contribution in [0.15, 0.2) is 16.3 Å². The molecule has 0 spiro atoms. The van der Waals surface area contributed by atoms with E-state index in [0.29, 0.717) is 13.1 Å². The highest BCUT2D eigenvalue weighted by Gasteiger charge is 2.31. The number of amides is 1. The number of hydrogen-bond donors (Lipinski definition) is 2. The molecule has 1 saturated heterocycles. The van der Waals surface area contributed by atoms with Gasteiger partial charge in [-0.05, 0) is 11.4 Å². The van der Waals surface area contributed by atoms with Gasteiger partial charge in [0.25, 0.3) is 5.91 Å². The summed E-state index contributed by atoms with van der Waals surface area (Å²) in [6, 6.07) is 1.40. The monoisotopic (exact) mass is 394 g/mol. The molecule has 11 heteroatoms. The molecule has 1 atom stereocenters. The van der Waals surface area contributed by atoms with Crippen LogP contribution in [0.2, 0.25) is 0 Å². The van der Waals surface area contributed by atoms with Crippen molar-refractivity contribution >= 4 is 45.0 Å². The van der Waals surface area contributed by atoms with E-state index in [1.807, 2.05) is 0 Å². The minimum absolute atomic E-state index is 0.0406. The maximum atomic E-state index is 12.7. The Morgan fingerprint density at radius 2 is 2.08 bits per heavy atom. The topological polar surface area (TPSA) is 113 Å². The summed E-state index contributed by atoms with van der Waals surface area (Å²) in [7, 11) is -2.51. The Kier molecular flexibility index (Phi) is 6.63. The van der Waals surface area contributed by atoms with Crippen molar-refractivity contribution in [3.05, 3.63) is 16.3 Å². The number of ether oxygens (including phenoxy) is 1. The predicted molar refractivity (Wildman–Crippen MR) is 91.2 cm³/mol. The van der Waals surface area contributed by atoms with Gasteiger partial charge in [0, 0.05) is 31.7 Å². The lowest BCUT2D eigenvalue weighted by molar-refractivity contribution is -0.148. The van der Waals surface area contributed by atoms with Crippen LogP contribution in [-0.4, -0.2) is 74.1 Å². The Morgan fingerprint density at radius 1 is 1.42 bits per heavy atom. The summed E-state index contributed by atoms with van der Waals surface area (Å²) in [6.07, 6.45) is -1.19. The van der Waals surface area contributed by atoms with E-state index in [9.17, 15) is 18.0 Å². The molecule has 0 aromatic carbocycles. The highest BCUT2D eigenvalue weighted by Crippen LogP contribution is 2.27. The molecule has 0 radical (unpaired) electrons. The number of carboxylic acid groups (broad SMARTS) is 1.